The third kappa shape index (κ3) is 6.53. The Kier molecular flexibility index (Phi) is 8.22. The second-order valence-corrected chi connectivity index (χ2v) is 10.1. The Bertz CT molecular complexity index is 1480. The molecule has 0 aliphatic rings. The molecule has 0 aliphatic heterocycles. The van der Waals surface area contributed by atoms with Crippen LogP contribution in [-0.2, 0) is 15.8 Å². The first kappa shape index (κ1) is 26.3. The molecule has 1 heterocycles. The lowest BCUT2D eigenvalue weighted by Gasteiger charge is -2.16. The van der Waals surface area contributed by atoms with Gasteiger partial charge in [-0.1, -0.05) is 29.8 Å². The average Bonchev–Trinajstić information content (AvgIpc) is 2.86. The molecular weight excluding hydrogens is 512 g/mol. The van der Waals surface area contributed by atoms with Crippen molar-refractivity contribution in [1.82, 2.24) is 14.9 Å². The number of likely N-dealkylation sites (N-methyl/N-ethyl adjacent to an activating group) is 1. The molecule has 0 spiro atoms. The summed E-state index contributed by atoms with van der Waals surface area (Å²) in [5, 5.41) is 6.48. The number of amides is 1. The van der Waals surface area contributed by atoms with Gasteiger partial charge in [-0.2, -0.15) is 0 Å². The van der Waals surface area contributed by atoms with Gasteiger partial charge in [0.2, 0.25) is 5.91 Å². The predicted octanol–water partition coefficient (Wildman–Crippen LogP) is 4.98. The van der Waals surface area contributed by atoms with Crippen molar-refractivity contribution in [2.45, 2.75) is 11.8 Å². The number of aromatic nitrogens is 2. The zero-order valence-corrected chi connectivity index (χ0v) is 22.4. The molecule has 192 valence electrons. The van der Waals surface area contributed by atoms with Gasteiger partial charge in [0.25, 0.3) is 0 Å². The lowest BCUT2D eigenvalue weighted by molar-refractivity contribution is -0.116. The zero-order chi connectivity index (χ0) is 26.5. The molecule has 0 radical (unpaired) electrons. The van der Waals surface area contributed by atoms with Crippen molar-refractivity contribution in [2.24, 2.45) is 0 Å². The Morgan fingerprint density at radius 1 is 1.03 bits per heavy atom. The van der Waals surface area contributed by atoms with Gasteiger partial charge in [-0.15, -0.1) is 0 Å². The molecule has 3 aromatic carbocycles. The van der Waals surface area contributed by atoms with Crippen molar-refractivity contribution >= 4 is 62.5 Å². The van der Waals surface area contributed by atoms with Crippen LogP contribution >= 0.6 is 11.6 Å². The van der Waals surface area contributed by atoms with E-state index in [2.05, 4.69) is 25.3 Å². The average molecular weight is 539 g/mol. The number of rotatable bonds is 9. The van der Waals surface area contributed by atoms with Gasteiger partial charge in [-0.05, 0) is 63.0 Å². The van der Waals surface area contributed by atoms with E-state index in [0.29, 0.717) is 43.9 Å². The summed E-state index contributed by atoms with van der Waals surface area (Å²) in [6.45, 7) is 2.08. The van der Waals surface area contributed by atoms with E-state index in [9.17, 15) is 9.00 Å². The van der Waals surface area contributed by atoms with Crippen molar-refractivity contribution < 1.29 is 13.7 Å². The number of halogens is 1. The molecule has 11 heteroatoms. The summed E-state index contributed by atoms with van der Waals surface area (Å²) in [5.41, 5.74) is 3.18. The number of nitrogens with zero attached hydrogens (tertiary/aromatic N) is 3. The van der Waals surface area contributed by atoms with E-state index in [1.807, 2.05) is 45.3 Å². The van der Waals surface area contributed by atoms with E-state index < -0.39 is 11.0 Å². The van der Waals surface area contributed by atoms with Gasteiger partial charge < -0.3 is 20.3 Å². The van der Waals surface area contributed by atoms with Crippen LogP contribution in [0.5, 0.6) is 5.75 Å². The van der Waals surface area contributed by atoms with Crippen molar-refractivity contribution in [3.8, 4) is 5.75 Å². The number of carbonyl (C=O) groups excluding carboxylic acids is 1. The topological polar surface area (TPSA) is 108 Å². The van der Waals surface area contributed by atoms with E-state index in [4.69, 9.17) is 16.3 Å². The summed E-state index contributed by atoms with van der Waals surface area (Å²) in [6.07, 6.45) is 0. The third-order valence-corrected chi connectivity index (χ3v) is 6.87. The predicted molar refractivity (Wildman–Crippen MR) is 149 cm³/mol. The summed E-state index contributed by atoms with van der Waals surface area (Å²) < 4.78 is 21.8. The van der Waals surface area contributed by atoms with Gasteiger partial charge in [0.1, 0.15) is 5.75 Å². The lowest BCUT2D eigenvalue weighted by Crippen LogP contribution is -2.27. The monoisotopic (exact) mass is 538 g/mol. The number of ether oxygens (including phenoxy) is 1. The fourth-order valence-electron chi connectivity index (χ4n) is 3.52. The molecule has 0 fully saturated rings. The highest BCUT2D eigenvalue weighted by Gasteiger charge is 2.17. The SMILES string of the molecule is COc1ccc(Cl)c(Nc2nc3ccccc3nc2NS(=O)c2cc(NC(=O)CN(C)C)ccc2C)c1. The normalized spacial score (nSPS) is 11.8. The van der Waals surface area contributed by atoms with Crippen LogP contribution in [-0.4, -0.2) is 52.7 Å². The maximum absolute atomic E-state index is 13.5. The van der Waals surface area contributed by atoms with Crippen LogP contribution in [0.15, 0.2) is 65.6 Å². The first-order chi connectivity index (χ1) is 17.7. The van der Waals surface area contributed by atoms with Crippen molar-refractivity contribution in [2.75, 3.05) is 43.1 Å². The molecule has 0 saturated carbocycles. The maximum Gasteiger partial charge on any atom is 0.238 e. The minimum Gasteiger partial charge on any atom is -0.497 e. The smallest absolute Gasteiger partial charge is 0.238 e. The van der Waals surface area contributed by atoms with Crippen LogP contribution in [0.4, 0.5) is 23.0 Å². The van der Waals surface area contributed by atoms with E-state index in [0.717, 1.165) is 5.56 Å². The van der Waals surface area contributed by atoms with Gasteiger partial charge in [-0.25, -0.2) is 14.2 Å². The van der Waals surface area contributed by atoms with Gasteiger partial charge in [0, 0.05) is 11.8 Å². The molecule has 1 aromatic heterocycles. The number of benzene rings is 3. The summed E-state index contributed by atoms with van der Waals surface area (Å²) >= 11 is 6.40. The van der Waals surface area contributed by atoms with Crippen LogP contribution in [0.1, 0.15) is 5.56 Å². The van der Waals surface area contributed by atoms with Crippen LogP contribution in [0.25, 0.3) is 11.0 Å². The molecule has 1 amide bonds. The van der Waals surface area contributed by atoms with Crippen molar-refractivity contribution in [1.29, 1.82) is 0 Å². The maximum atomic E-state index is 13.5. The van der Waals surface area contributed by atoms with Gasteiger partial charge in [0.05, 0.1) is 40.3 Å². The quantitative estimate of drug-likeness (QED) is 0.276. The summed E-state index contributed by atoms with van der Waals surface area (Å²) in [6, 6.07) is 17.9. The van der Waals surface area contributed by atoms with Crippen LogP contribution in [0.3, 0.4) is 0 Å². The van der Waals surface area contributed by atoms with Crippen LogP contribution < -0.4 is 20.1 Å². The first-order valence-electron chi connectivity index (χ1n) is 11.3. The Balaban J connectivity index is 1.67. The zero-order valence-electron chi connectivity index (χ0n) is 20.8. The summed E-state index contributed by atoms with van der Waals surface area (Å²) in [4.78, 5) is 23.8. The van der Waals surface area contributed by atoms with E-state index in [-0.39, 0.29) is 18.3 Å². The second kappa shape index (κ2) is 11.5. The van der Waals surface area contributed by atoms with E-state index >= 15 is 0 Å². The van der Waals surface area contributed by atoms with Gasteiger partial charge >= 0.3 is 0 Å². The molecule has 4 aromatic rings. The summed E-state index contributed by atoms with van der Waals surface area (Å²) in [5.74, 6) is 1.07. The number of carbonyl (C=O) groups is 1. The lowest BCUT2D eigenvalue weighted by atomic mass is 10.2. The largest absolute Gasteiger partial charge is 0.497 e. The highest BCUT2D eigenvalue weighted by atomic mass is 35.5. The molecule has 3 N–H and O–H groups in total. The first-order valence-corrected chi connectivity index (χ1v) is 12.9. The number of aryl methyl sites for hydroxylation is 1. The number of fused-ring (bicyclic) bond motifs is 1. The Morgan fingerprint density at radius 3 is 2.41 bits per heavy atom. The molecule has 1 unspecified atom stereocenters. The highest BCUT2D eigenvalue weighted by Crippen LogP contribution is 2.32. The minimum absolute atomic E-state index is 0.166. The molecule has 0 bridgehead atoms. The molecular formula is C26H27ClN6O3S. The number of hydrogen-bond donors (Lipinski definition) is 3. The number of anilines is 4. The molecule has 0 aliphatic carbocycles. The molecule has 4 rings (SSSR count). The van der Waals surface area contributed by atoms with E-state index in [1.54, 1.807) is 48.4 Å². The van der Waals surface area contributed by atoms with Gasteiger partial charge in [0.15, 0.2) is 22.6 Å². The second-order valence-electron chi connectivity index (χ2n) is 8.52. The van der Waals surface area contributed by atoms with Crippen molar-refractivity contribution in [3.05, 3.63) is 71.2 Å². The van der Waals surface area contributed by atoms with Crippen LogP contribution in [0.2, 0.25) is 5.02 Å². The Labute approximate surface area is 222 Å². The number of nitrogens with one attached hydrogen (secondary N) is 3. The molecule has 1 atom stereocenters. The highest BCUT2D eigenvalue weighted by molar-refractivity contribution is 7.86. The number of methoxy groups -OCH3 is 1. The Hall–Kier alpha value is -3.73. The Morgan fingerprint density at radius 2 is 1.73 bits per heavy atom. The molecule has 37 heavy (non-hydrogen) atoms. The number of hydrogen-bond acceptors (Lipinski definition) is 7. The molecule has 0 saturated heterocycles. The van der Waals surface area contributed by atoms with Crippen LogP contribution in [0, 0.1) is 6.92 Å². The fraction of sp³-hybridized carbons (Fsp3) is 0.192. The van der Waals surface area contributed by atoms with E-state index in [1.165, 1.54) is 0 Å². The number of para-hydroxylation sites is 2. The third-order valence-electron chi connectivity index (χ3n) is 5.32. The fourth-order valence-corrected chi connectivity index (χ4v) is 4.71. The standard InChI is InChI=1S/C26H27ClN6O3S/c1-16-9-10-17(28-24(34)15-33(2)3)13-23(16)37(35)32-26-25(29-20-7-5-6-8-21(20)30-26)31-22-14-18(36-4)11-12-19(22)27/h5-14H,15H2,1-4H3,(H,28,34)(H,29,31)(H,30,32). The minimum atomic E-state index is -1.72. The summed E-state index contributed by atoms with van der Waals surface area (Å²) in [7, 11) is 3.48. The van der Waals surface area contributed by atoms with Crippen molar-refractivity contribution in [3.63, 3.8) is 0 Å². The van der Waals surface area contributed by atoms with Gasteiger partial charge in [-0.3, -0.25) is 9.52 Å². The molecule has 9 nitrogen and oxygen atoms in total.